The summed E-state index contributed by atoms with van der Waals surface area (Å²) in [6.45, 7) is 1.28. The van der Waals surface area contributed by atoms with Gasteiger partial charge in [-0.2, -0.15) is 0 Å². The van der Waals surface area contributed by atoms with Crippen molar-refractivity contribution < 1.29 is 23.9 Å². The van der Waals surface area contributed by atoms with Crippen molar-refractivity contribution in [3.05, 3.63) is 64.7 Å². The summed E-state index contributed by atoms with van der Waals surface area (Å²) in [5.41, 5.74) is 1.89. The van der Waals surface area contributed by atoms with Gasteiger partial charge in [0.2, 0.25) is 0 Å². The van der Waals surface area contributed by atoms with Crippen LogP contribution in [-0.2, 0) is 4.74 Å². The fourth-order valence-electron chi connectivity index (χ4n) is 3.74. The van der Waals surface area contributed by atoms with Crippen molar-refractivity contribution in [1.82, 2.24) is 10.2 Å². The number of ether oxygens (including phenoxy) is 2. The predicted molar refractivity (Wildman–Crippen MR) is 105 cm³/mol. The van der Waals surface area contributed by atoms with Crippen molar-refractivity contribution in [3.63, 3.8) is 0 Å². The second-order valence-corrected chi connectivity index (χ2v) is 7.07. The Hall–Kier alpha value is -3.19. The summed E-state index contributed by atoms with van der Waals surface area (Å²) in [5.74, 6) is -0.211. The Balaban J connectivity index is 1.51. The molecular weight excluding hydrogens is 372 g/mol. The van der Waals surface area contributed by atoms with Crippen LogP contribution in [0.4, 0.5) is 0 Å². The molecule has 2 aliphatic heterocycles. The summed E-state index contributed by atoms with van der Waals surface area (Å²) < 4.78 is 10.6. The van der Waals surface area contributed by atoms with Gasteiger partial charge in [-0.1, -0.05) is 18.2 Å². The first-order chi connectivity index (χ1) is 14.1. The Kier molecular flexibility index (Phi) is 5.31. The van der Waals surface area contributed by atoms with E-state index in [1.165, 1.54) is 11.0 Å². The quantitative estimate of drug-likeness (QED) is 0.601. The number of imide groups is 1. The van der Waals surface area contributed by atoms with Crippen LogP contribution in [0.2, 0.25) is 0 Å². The van der Waals surface area contributed by atoms with Crippen LogP contribution < -0.4 is 10.1 Å². The lowest BCUT2D eigenvalue weighted by Gasteiger charge is -2.26. The molecule has 0 saturated heterocycles. The van der Waals surface area contributed by atoms with Crippen molar-refractivity contribution >= 4 is 17.7 Å². The van der Waals surface area contributed by atoms with E-state index >= 15 is 0 Å². The number of hydrogen-bond donors (Lipinski definition) is 1. The summed E-state index contributed by atoms with van der Waals surface area (Å²) in [6.07, 6.45) is 1.23. The highest BCUT2D eigenvalue weighted by Crippen LogP contribution is 2.32. The van der Waals surface area contributed by atoms with Gasteiger partial charge in [-0.25, -0.2) is 0 Å². The minimum absolute atomic E-state index is 0.163. The molecule has 0 saturated carbocycles. The summed E-state index contributed by atoms with van der Waals surface area (Å²) in [4.78, 5) is 39.2. The standard InChI is InChI=1S/C22H22N2O5/c1-28-11-4-10-24-21(26)15-8-7-14(13-17(15)22(24)27)20(25)23-18-9-12-29-19-6-3-2-5-16(18)19/h2-3,5-8,13,18H,4,9-12H2,1H3,(H,23,25)/t18-/m0/s1. The van der Waals surface area contributed by atoms with E-state index in [1.807, 2.05) is 24.3 Å². The summed E-state index contributed by atoms with van der Waals surface area (Å²) in [5, 5.41) is 3.02. The Morgan fingerprint density at radius 1 is 1.17 bits per heavy atom. The SMILES string of the molecule is COCCCN1C(=O)c2ccc(C(=O)N[C@H]3CCOc4ccccc43)cc2C1=O. The van der Waals surface area contributed by atoms with E-state index in [0.717, 1.165) is 11.3 Å². The van der Waals surface area contributed by atoms with Gasteiger partial charge in [-0.3, -0.25) is 19.3 Å². The van der Waals surface area contributed by atoms with E-state index in [-0.39, 0.29) is 29.3 Å². The maximum atomic E-state index is 12.8. The molecule has 2 aromatic rings. The molecule has 7 heteroatoms. The van der Waals surface area contributed by atoms with E-state index in [9.17, 15) is 14.4 Å². The Labute approximate surface area is 168 Å². The molecule has 4 rings (SSSR count). The molecule has 150 valence electrons. The molecule has 0 aliphatic carbocycles. The summed E-state index contributed by atoms with van der Waals surface area (Å²) in [7, 11) is 1.57. The lowest BCUT2D eigenvalue weighted by Crippen LogP contribution is -2.32. The first-order valence-electron chi connectivity index (χ1n) is 9.62. The normalized spacial score (nSPS) is 17.6. The maximum absolute atomic E-state index is 12.8. The van der Waals surface area contributed by atoms with Crippen LogP contribution in [0.3, 0.4) is 0 Å². The lowest BCUT2D eigenvalue weighted by molar-refractivity contribution is 0.0638. The van der Waals surface area contributed by atoms with Crippen LogP contribution in [0.1, 0.15) is 55.5 Å². The van der Waals surface area contributed by atoms with E-state index in [1.54, 1.807) is 19.2 Å². The minimum Gasteiger partial charge on any atom is -0.493 e. The van der Waals surface area contributed by atoms with E-state index in [0.29, 0.717) is 43.7 Å². The van der Waals surface area contributed by atoms with Crippen LogP contribution in [-0.4, -0.2) is 49.5 Å². The zero-order valence-corrected chi connectivity index (χ0v) is 16.1. The number of para-hydroxylation sites is 1. The molecule has 0 aromatic heterocycles. The molecule has 2 aliphatic rings. The van der Waals surface area contributed by atoms with Crippen molar-refractivity contribution in [3.8, 4) is 5.75 Å². The minimum atomic E-state index is -0.368. The van der Waals surface area contributed by atoms with Gasteiger partial charge in [0.15, 0.2) is 0 Å². The predicted octanol–water partition coefficient (Wildman–Crippen LogP) is 2.57. The third-order valence-electron chi connectivity index (χ3n) is 5.23. The topological polar surface area (TPSA) is 84.9 Å². The van der Waals surface area contributed by atoms with E-state index < -0.39 is 0 Å². The van der Waals surface area contributed by atoms with Crippen molar-refractivity contribution in [1.29, 1.82) is 0 Å². The molecule has 2 aromatic carbocycles. The molecule has 0 fully saturated rings. The highest BCUT2D eigenvalue weighted by atomic mass is 16.5. The number of methoxy groups -OCH3 is 1. The van der Waals surface area contributed by atoms with Crippen LogP contribution in [0.15, 0.2) is 42.5 Å². The number of hydrogen-bond acceptors (Lipinski definition) is 5. The Morgan fingerprint density at radius 3 is 2.79 bits per heavy atom. The van der Waals surface area contributed by atoms with Crippen molar-refractivity contribution in [2.45, 2.75) is 18.9 Å². The third kappa shape index (κ3) is 3.61. The monoisotopic (exact) mass is 394 g/mol. The molecule has 3 amide bonds. The molecule has 1 atom stereocenters. The second kappa shape index (κ2) is 8.05. The Morgan fingerprint density at radius 2 is 1.97 bits per heavy atom. The van der Waals surface area contributed by atoms with Crippen LogP contribution in [0, 0.1) is 0 Å². The zero-order valence-electron chi connectivity index (χ0n) is 16.1. The maximum Gasteiger partial charge on any atom is 0.261 e. The number of carbonyl (C=O) groups excluding carboxylic acids is 3. The smallest absolute Gasteiger partial charge is 0.261 e. The van der Waals surface area contributed by atoms with Crippen LogP contribution in [0.5, 0.6) is 5.75 Å². The van der Waals surface area contributed by atoms with Gasteiger partial charge in [-0.05, 0) is 30.7 Å². The van der Waals surface area contributed by atoms with Gasteiger partial charge in [0.1, 0.15) is 5.75 Å². The molecule has 0 bridgehead atoms. The molecule has 29 heavy (non-hydrogen) atoms. The van der Waals surface area contributed by atoms with Crippen molar-refractivity contribution in [2.75, 3.05) is 26.9 Å². The van der Waals surface area contributed by atoms with Crippen molar-refractivity contribution in [2.24, 2.45) is 0 Å². The molecule has 2 heterocycles. The number of benzene rings is 2. The average molecular weight is 394 g/mol. The number of amides is 3. The second-order valence-electron chi connectivity index (χ2n) is 7.07. The molecule has 1 N–H and O–H groups in total. The van der Waals surface area contributed by atoms with Gasteiger partial charge in [0.25, 0.3) is 17.7 Å². The molecule has 0 unspecified atom stereocenters. The van der Waals surface area contributed by atoms with Gasteiger partial charge < -0.3 is 14.8 Å². The Bertz CT molecular complexity index is 971. The first kappa shape index (κ1) is 19.1. The zero-order chi connectivity index (χ0) is 20.4. The highest BCUT2D eigenvalue weighted by Gasteiger charge is 2.35. The summed E-state index contributed by atoms with van der Waals surface area (Å²) in [6, 6.07) is 12.1. The van der Waals surface area contributed by atoms with Crippen LogP contribution in [0.25, 0.3) is 0 Å². The number of carbonyl (C=O) groups is 3. The highest BCUT2D eigenvalue weighted by molar-refractivity contribution is 6.22. The largest absolute Gasteiger partial charge is 0.493 e. The lowest BCUT2D eigenvalue weighted by atomic mass is 9.99. The van der Waals surface area contributed by atoms with Crippen LogP contribution >= 0.6 is 0 Å². The van der Waals surface area contributed by atoms with Gasteiger partial charge in [0, 0.05) is 37.8 Å². The average Bonchev–Trinajstić information content (AvgIpc) is 2.98. The number of rotatable bonds is 6. The van der Waals surface area contributed by atoms with E-state index in [2.05, 4.69) is 5.32 Å². The van der Waals surface area contributed by atoms with Gasteiger partial charge >= 0.3 is 0 Å². The number of fused-ring (bicyclic) bond motifs is 2. The van der Waals surface area contributed by atoms with E-state index in [4.69, 9.17) is 9.47 Å². The van der Waals surface area contributed by atoms with Gasteiger partial charge in [-0.15, -0.1) is 0 Å². The molecular formula is C22H22N2O5. The number of nitrogens with zero attached hydrogens (tertiary/aromatic N) is 1. The first-order valence-corrected chi connectivity index (χ1v) is 9.62. The number of nitrogens with one attached hydrogen (secondary N) is 1. The summed E-state index contributed by atoms with van der Waals surface area (Å²) >= 11 is 0. The molecule has 7 nitrogen and oxygen atoms in total. The molecule has 0 radical (unpaired) electrons. The third-order valence-corrected chi connectivity index (χ3v) is 5.23. The van der Waals surface area contributed by atoms with Gasteiger partial charge in [0.05, 0.1) is 23.8 Å². The fourth-order valence-corrected chi connectivity index (χ4v) is 3.74. The molecule has 0 spiro atoms. The fraction of sp³-hybridized carbons (Fsp3) is 0.318.